The lowest BCUT2D eigenvalue weighted by Gasteiger charge is -2.31. The standard InChI is InChI=1S/C11H23N3O.2ClH/c1-8(2)10(12)4-5-14(3)11(15)9-6-13-7-9;;/h8-10,13H,4-7,12H2,1-3H3;2*1H. The molecule has 1 unspecified atom stereocenters. The molecule has 1 atom stereocenters. The molecule has 1 fully saturated rings. The van der Waals surface area contributed by atoms with Crippen molar-refractivity contribution in [1.29, 1.82) is 0 Å². The van der Waals surface area contributed by atoms with Gasteiger partial charge in [0.05, 0.1) is 5.92 Å². The smallest absolute Gasteiger partial charge is 0.227 e. The third kappa shape index (κ3) is 5.91. The Labute approximate surface area is 117 Å². The van der Waals surface area contributed by atoms with Crippen LogP contribution < -0.4 is 11.1 Å². The summed E-state index contributed by atoms with van der Waals surface area (Å²) in [7, 11) is 1.87. The lowest BCUT2D eigenvalue weighted by atomic mass is 10.00. The Hall–Kier alpha value is -0.0300. The summed E-state index contributed by atoms with van der Waals surface area (Å²) in [5.41, 5.74) is 5.94. The van der Waals surface area contributed by atoms with Crippen molar-refractivity contribution in [1.82, 2.24) is 10.2 Å². The van der Waals surface area contributed by atoms with Gasteiger partial charge < -0.3 is 16.0 Å². The lowest BCUT2D eigenvalue weighted by molar-refractivity contribution is -0.135. The summed E-state index contributed by atoms with van der Waals surface area (Å²) in [6.07, 6.45) is 0.889. The third-order valence-corrected chi connectivity index (χ3v) is 3.16. The number of hydrogen-bond acceptors (Lipinski definition) is 3. The Morgan fingerprint density at radius 2 is 1.94 bits per heavy atom. The number of nitrogens with two attached hydrogens (primary N) is 1. The quantitative estimate of drug-likeness (QED) is 0.789. The van der Waals surface area contributed by atoms with Crippen molar-refractivity contribution >= 4 is 30.7 Å². The first-order valence-corrected chi connectivity index (χ1v) is 5.73. The average molecular weight is 286 g/mol. The monoisotopic (exact) mass is 285 g/mol. The Kier molecular flexibility index (Phi) is 10.2. The Morgan fingerprint density at radius 1 is 1.41 bits per heavy atom. The average Bonchev–Trinajstić information content (AvgIpc) is 2.10. The van der Waals surface area contributed by atoms with Crippen LogP contribution in [0.3, 0.4) is 0 Å². The molecule has 4 nitrogen and oxygen atoms in total. The fraction of sp³-hybridized carbons (Fsp3) is 0.909. The van der Waals surface area contributed by atoms with Crippen molar-refractivity contribution in [3.05, 3.63) is 0 Å². The molecule has 0 spiro atoms. The van der Waals surface area contributed by atoms with Crippen molar-refractivity contribution in [2.24, 2.45) is 17.6 Å². The molecule has 0 aromatic rings. The minimum atomic E-state index is 0. The van der Waals surface area contributed by atoms with E-state index in [9.17, 15) is 4.79 Å². The van der Waals surface area contributed by atoms with E-state index in [0.29, 0.717) is 5.92 Å². The van der Waals surface area contributed by atoms with Gasteiger partial charge in [0.15, 0.2) is 0 Å². The van der Waals surface area contributed by atoms with Crippen LogP contribution in [-0.4, -0.2) is 43.5 Å². The van der Waals surface area contributed by atoms with Gasteiger partial charge in [-0.1, -0.05) is 13.8 Å². The van der Waals surface area contributed by atoms with Crippen molar-refractivity contribution in [3.8, 4) is 0 Å². The SMILES string of the molecule is CC(C)C(N)CCN(C)C(=O)C1CNC1.Cl.Cl. The summed E-state index contributed by atoms with van der Waals surface area (Å²) in [6.45, 7) is 6.66. The van der Waals surface area contributed by atoms with E-state index in [2.05, 4.69) is 19.2 Å². The van der Waals surface area contributed by atoms with Crippen LogP contribution in [0, 0.1) is 11.8 Å². The van der Waals surface area contributed by atoms with Crippen LogP contribution >= 0.6 is 24.8 Å². The second-order valence-electron chi connectivity index (χ2n) is 4.81. The summed E-state index contributed by atoms with van der Waals surface area (Å²) in [4.78, 5) is 13.6. The van der Waals surface area contributed by atoms with Gasteiger partial charge >= 0.3 is 0 Å². The molecule has 104 valence electrons. The minimum Gasteiger partial charge on any atom is -0.345 e. The van der Waals surface area contributed by atoms with Crippen LogP contribution in [0.2, 0.25) is 0 Å². The predicted octanol–water partition coefficient (Wildman–Crippen LogP) is 0.881. The second-order valence-corrected chi connectivity index (χ2v) is 4.81. The molecule has 0 bridgehead atoms. The van der Waals surface area contributed by atoms with E-state index in [4.69, 9.17) is 5.73 Å². The van der Waals surface area contributed by atoms with Gasteiger partial charge in [0.25, 0.3) is 0 Å². The highest BCUT2D eigenvalue weighted by molar-refractivity contribution is 5.85. The maximum Gasteiger partial charge on any atom is 0.227 e. The first kappa shape index (κ1) is 19.3. The van der Waals surface area contributed by atoms with Crippen LogP contribution in [0.4, 0.5) is 0 Å². The zero-order valence-electron chi connectivity index (χ0n) is 10.8. The third-order valence-electron chi connectivity index (χ3n) is 3.16. The summed E-state index contributed by atoms with van der Waals surface area (Å²) in [6, 6.07) is 0.194. The van der Waals surface area contributed by atoms with Gasteiger partial charge in [0.1, 0.15) is 0 Å². The highest BCUT2D eigenvalue weighted by Crippen LogP contribution is 2.09. The molecular formula is C11H25Cl2N3O. The first-order chi connectivity index (χ1) is 7.02. The molecule has 6 heteroatoms. The maximum atomic E-state index is 11.8. The van der Waals surface area contributed by atoms with Gasteiger partial charge in [-0.05, 0) is 12.3 Å². The maximum absolute atomic E-state index is 11.8. The summed E-state index contributed by atoms with van der Waals surface area (Å²) < 4.78 is 0. The summed E-state index contributed by atoms with van der Waals surface area (Å²) >= 11 is 0. The summed E-state index contributed by atoms with van der Waals surface area (Å²) in [5, 5.41) is 3.11. The van der Waals surface area contributed by atoms with Gasteiger partial charge in [0.2, 0.25) is 5.91 Å². The molecule has 1 heterocycles. The molecule has 3 N–H and O–H groups in total. The number of nitrogens with zero attached hydrogens (tertiary/aromatic N) is 1. The van der Waals surface area contributed by atoms with E-state index in [1.807, 2.05) is 11.9 Å². The number of hydrogen-bond donors (Lipinski definition) is 2. The van der Waals surface area contributed by atoms with Gasteiger partial charge in [-0.3, -0.25) is 4.79 Å². The van der Waals surface area contributed by atoms with Gasteiger partial charge in [-0.15, -0.1) is 24.8 Å². The predicted molar refractivity (Wildman–Crippen MR) is 75.9 cm³/mol. The first-order valence-electron chi connectivity index (χ1n) is 5.73. The van der Waals surface area contributed by atoms with Gasteiger partial charge in [-0.2, -0.15) is 0 Å². The fourth-order valence-electron chi connectivity index (χ4n) is 1.56. The van der Waals surface area contributed by atoms with E-state index < -0.39 is 0 Å². The largest absolute Gasteiger partial charge is 0.345 e. The minimum absolute atomic E-state index is 0. The fourth-order valence-corrected chi connectivity index (χ4v) is 1.56. The highest BCUT2D eigenvalue weighted by atomic mass is 35.5. The molecule has 0 saturated carbocycles. The second kappa shape index (κ2) is 8.97. The molecule has 1 saturated heterocycles. The van der Waals surface area contributed by atoms with Crippen LogP contribution in [0.15, 0.2) is 0 Å². The van der Waals surface area contributed by atoms with E-state index in [1.165, 1.54) is 0 Å². The van der Waals surface area contributed by atoms with Crippen LogP contribution in [0.25, 0.3) is 0 Å². The molecule has 0 aliphatic carbocycles. The summed E-state index contributed by atoms with van der Waals surface area (Å²) in [5.74, 6) is 0.939. The number of nitrogens with one attached hydrogen (secondary N) is 1. The molecule has 0 radical (unpaired) electrons. The lowest BCUT2D eigenvalue weighted by Crippen LogP contribution is -2.51. The van der Waals surface area contributed by atoms with Crippen LogP contribution in [0.1, 0.15) is 20.3 Å². The van der Waals surface area contributed by atoms with Crippen molar-refractivity contribution < 1.29 is 4.79 Å². The van der Waals surface area contributed by atoms with Crippen molar-refractivity contribution in [2.45, 2.75) is 26.3 Å². The number of amides is 1. The topological polar surface area (TPSA) is 58.4 Å². The number of rotatable bonds is 5. The van der Waals surface area contributed by atoms with Crippen LogP contribution in [-0.2, 0) is 4.79 Å². The zero-order chi connectivity index (χ0) is 11.4. The number of halogens is 2. The van der Waals surface area contributed by atoms with Gasteiger partial charge in [0, 0.05) is 32.7 Å². The van der Waals surface area contributed by atoms with Gasteiger partial charge in [-0.25, -0.2) is 0 Å². The normalized spacial score (nSPS) is 16.5. The number of carbonyl (C=O) groups excluding carboxylic acids is 1. The molecule has 1 rings (SSSR count). The van der Waals surface area contributed by atoms with Crippen molar-refractivity contribution in [2.75, 3.05) is 26.7 Å². The zero-order valence-corrected chi connectivity index (χ0v) is 12.4. The van der Waals surface area contributed by atoms with E-state index in [0.717, 1.165) is 26.1 Å². The molecule has 0 aromatic carbocycles. The molecule has 17 heavy (non-hydrogen) atoms. The van der Waals surface area contributed by atoms with Crippen molar-refractivity contribution in [3.63, 3.8) is 0 Å². The van der Waals surface area contributed by atoms with Crippen LogP contribution in [0.5, 0.6) is 0 Å². The molecule has 1 aliphatic heterocycles. The Balaban J connectivity index is 0. The molecular weight excluding hydrogens is 261 g/mol. The number of carbonyl (C=O) groups is 1. The van der Waals surface area contributed by atoms with E-state index in [-0.39, 0.29) is 42.7 Å². The van der Waals surface area contributed by atoms with E-state index in [1.54, 1.807) is 0 Å². The van der Waals surface area contributed by atoms with E-state index >= 15 is 0 Å². The Bertz CT molecular complexity index is 223. The Morgan fingerprint density at radius 3 is 2.29 bits per heavy atom. The molecule has 1 amide bonds. The molecule has 0 aromatic heterocycles. The highest BCUT2D eigenvalue weighted by Gasteiger charge is 2.27. The molecule has 1 aliphatic rings.